The summed E-state index contributed by atoms with van der Waals surface area (Å²) < 4.78 is 4.50. The summed E-state index contributed by atoms with van der Waals surface area (Å²) in [7, 11) is 0. The van der Waals surface area contributed by atoms with Gasteiger partial charge in [-0.25, -0.2) is 4.79 Å². The molecular weight excluding hydrogens is 292 g/mol. The van der Waals surface area contributed by atoms with Crippen molar-refractivity contribution in [1.29, 1.82) is 0 Å². The van der Waals surface area contributed by atoms with Gasteiger partial charge in [0.1, 0.15) is 5.69 Å². The molecule has 0 heterocycles. The zero-order valence-electron chi connectivity index (χ0n) is 12.3. The Balaban J connectivity index is 3.05. The highest BCUT2D eigenvalue weighted by molar-refractivity contribution is 6.37. The molecule has 1 N–H and O–H groups in total. The number of carbonyl (C=O) groups is 3. The van der Waals surface area contributed by atoms with E-state index in [2.05, 4.69) is 10.1 Å². The van der Waals surface area contributed by atoms with E-state index in [0.717, 1.165) is 6.07 Å². The smallest absolute Gasteiger partial charge is 0.397 e. The molecule has 1 amide bonds. The predicted molar refractivity (Wildman–Crippen MR) is 77.6 cm³/mol. The summed E-state index contributed by atoms with van der Waals surface area (Å²) in [5.74, 6) is -2.48. The van der Waals surface area contributed by atoms with Crippen molar-refractivity contribution in [3.8, 4) is 0 Å². The maximum Gasteiger partial charge on any atom is 0.397 e. The lowest BCUT2D eigenvalue weighted by Crippen LogP contribution is -2.25. The number of benzene rings is 1. The second-order valence-corrected chi connectivity index (χ2v) is 4.34. The summed E-state index contributed by atoms with van der Waals surface area (Å²) in [4.78, 5) is 44.8. The van der Waals surface area contributed by atoms with Gasteiger partial charge in [0, 0.05) is 18.1 Å². The topological polar surface area (TPSA) is 116 Å². The minimum Gasteiger partial charge on any atom is -0.459 e. The number of esters is 1. The molecule has 8 nitrogen and oxygen atoms in total. The molecular formula is C14H16N2O6. The number of rotatable bonds is 6. The number of amides is 1. The fraction of sp³-hybridized carbons (Fsp3) is 0.357. The van der Waals surface area contributed by atoms with Gasteiger partial charge in [0.15, 0.2) is 5.78 Å². The molecule has 1 aromatic rings. The quantitative estimate of drug-likeness (QED) is 0.283. The molecule has 0 radical (unpaired) electrons. The van der Waals surface area contributed by atoms with Crippen LogP contribution in [0.2, 0.25) is 0 Å². The normalized spacial score (nSPS) is 9.91. The summed E-state index contributed by atoms with van der Waals surface area (Å²) in [6.07, 6.45) is 0.889. The van der Waals surface area contributed by atoms with Gasteiger partial charge in [-0.2, -0.15) is 0 Å². The number of ether oxygens (including phenoxy) is 1. The first-order valence-electron chi connectivity index (χ1n) is 6.70. The van der Waals surface area contributed by atoms with Crippen molar-refractivity contribution >= 4 is 29.0 Å². The van der Waals surface area contributed by atoms with Crippen LogP contribution in [0.15, 0.2) is 18.2 Å². The lowest BCUT2D eigenvalue weighted by atomic mass is 10.1. The van der Waals surface area contributed by atoms with Gasteiger partial charge in [-0.3, -0.25) is 19.7 Å². The molecule has 0 aliphatic heterocycles. The molecule has 22 heavy (non-hydrogen) atoms. The first-order valence-corrected chi connectivity index (χ1v) is 6.70. The Morgan fingerprint density at radius 3 is 2.50 bits per heavy atom. The highest BCUT2D eigenvalue weighted by Gasteiger charge is 2.22. The van der Waals surface area contributed by atoms with Gasteiger partial charge < -0.3 is 10.1 Å². The minimum atomic E-state index is -1.14. The zero-order chi connectivity index (χ0) is 16.7. The predicted octanol–water partition coefficient (Wildman–Crippen LogP) is 2.08. The third kappa shape index (κ3) is 4.37. The van der Waals surface area contributed by atoms with Crippen LogP contribution >= 0.6 is 0 Å². The van der Waals surface area contributed by atoms with Crippen molar-refractivity contribution in [2.24, 2.45) is 0 Å². The second-order valence-electron chi connectivity index (χ2n) is 4.34. The van der Waals surface area contributed by atoms with Gasteiger partial charge in [0.25, 0.3) is 5.69 Å². The molecule has 0 atom stereocenters. The number of nitrogens with zero attached hydrogens (tertiary/aromatic N) is 1. The molecule has 8 heteroatoms. The zero-order valence-corrected chi connectivity index (χ0v) is 12.3. The Hall–Kier alpha value is -2.77. The summed E-state index contributed by atoms with van der Waals surface area (Å²) >= 11 is 0. The Bertz CT molecular complexity index is 611. The first kappa shape index (κ1) is 17.3. The molecule has 1 aromatic carbocycles. The Morgan fingerprint density at radius 1 is 1.27 bits per heavy atom. The molecule has 0 aliphatic rings. The minimum absolute atomic E-state index is 0.0127. The van der Waals surface area contributed by atoms with Crippen molar-refractivity contribution in [3.63, 3.8) is 0 Å². The van der Waals surface area contributed by atoms with Crippen molar-refractivity contribution in [2.45, 2.75) is 26.7 Å². The number of hydrogen-bond acceptors (Lipinski definition) is 6. The van der Waals surface area contributed by atoms with E-state index < -0.39 is 22.5 Å². The fourth-order valence-corrected chi connectivity index (χ4v) is 1.70. The van der Waals surface area contributed by atoms with Crippen LogP contribution in [0.5, 0.6) is 0 Å². The third-order valence-electron chi connectivity index (χ3n) is 2.70. The summed E-state index contributed by atoms with van der Waals surface area (Å²) in [6, 6.07) is 3.67. The highest BCUT2D eigenvalue weighted by atomic mass is 16.6. The Morgan fingerprint density at radius 2 is 1.95 bits per heavy atom. The van der Waals surface area contributed by atoms with Crippen LogP contribution in [0.3, 0.4) is 0 Å². The van der Waals surface area contributed by atoms with Crippen LogP contribution in [0, 0.1) is 10.1 Å². The van der Waals surface area contributed by atoms with Crippen molar-refractivity contribution < 1.29 is 24.0 Å². The molecule has 1 rings (SSSR count). The molecule has 0 spiro atoms. The number of ketones is 1. The van der Waals surface area contributed by atoms with Crippen molar-refractivity contribution in [1.82, 2.24) is 0 Å². The highest BCUT2D eigenvalue weighted by Crippen LogP contribution is 2.26. The molecule has 118 valence electrons. The van der Waals surface area contributed by atoms with Gasteiger partial charge in [0.05, 0.1) is 11.5 Å². The summed E-state index contributed by atoms with van der Waals surface area (Å²) in [6.45, 7) is 3.36. The molecule has 0 unspecified atom stereocenters. The van der Waals surface area contributed by atoms with Gasteiger partial charge in [0.2, 0.25) is 0 Å². The number of Topliss-reactive ketones (excluding diaryl/α,β-unsaturated/α-hetero) is 1. The van der Waals surface area contributed by atoms with Crippen LogP contribution in [0.25, 0.3) is 0 Å². The van der Waals surface area contributed by atoms with E-state index in [0.29, 0.717) is 6.42 Å². The van der Waals surface area contributed by atoms with E-state index in [1.54, 1.807) is 0 Å². The molecule has 0 fully saturated rings. The monoisotopic (exact) mass is 308 g/mol. The number of nitro groups is 1. The van der Waals surface area contributed by atoms with Crippen LogP contribution in [-0.2, 0) is 14.3 Å². The largest absolute Gasteiger partial charge is 0.459 e. The standard InChI is InChI=1S/C14H16N2O6/c1-3-5-12(17)9-6-7-10(11(8-9)16(20)21)15-13(18)14(19)22-4-2/h6-8H,3-5H2,1-2H3,(H,15,18). The fourth-order valence-electron chi connectivity index (χ4n) is 1.70. The number of carbonyl (C=O) groups excluding carboxylic acids is 3. The van der Waals surface area contributed by atoms with Crippen LogP contribution in [0.1, 0.15) is 37.0 Å². The molecule has 0 aliphatic carbocycles. The molecule has 0 bridgehead atoms. The summed E-state index contributed by atoms with van der Waals surface area (Å²) in [5, 5.41) is 13.2. The van der Waals surface area contributed by atoms with Gasteiger partial charge in [-0.15, -0.1) is 0 Å². The van der Waals surface area contributed by atoms with Crippen molar-refractivity contribution in [3.05, 3.63) is 33.9 Å². The van der Waals surface area contributed by atoms with Crippen LogP contribution in [-0.4, -0.2) is 29.2 Å². The maximum atomic E-state index is 11.8. The van der Waals surface area contributed by atoms with E-state index in [1.165, 1.54) is 19.1 Å². The number of nitro benzene ring substituents is 1. The van der Waals surface area contributed by atoms with Gasteiger partial charge in [-0.1, -0.05) is 6.92 Å². The van der Waals surface area contributed by atoms with E-state index in [9.17, 15) is 24.5 Å². The van der Waals surface area contributed by atoms with Gasteiger partial charge >= 0.3 is 11.9 Å². The lowest BCUT2D eigenvalue weighted by Gasteiger charge is -2.07. The lowest BCUT2D eigenvalue weighted by molar-refractivity contribution is -0.383. The molecule has 0 aromatic heterocycles. The third-order valence-corrected chi connectivity index (χ3v) is 2.70. The second kappa shape index (κ2) is 7.87. The SMILES string of the molecule is CCCC(=O)c1ccc(NC(=O)C(=O)OCC)c([N+](=O)[O-])c1. The Labute approximate surface area is 126 Å². The van der Waals surface area contributed by atoms with E-state index in [1.807, 2.05) is 6.92 Å². The van der Waals surface area contributed by atoms with E-state index >= 15 is 0 Å². The van der Waals surface area contributed by atoms with Crippen LogP contribution < -0.4 is 5.32 Å². The van der Waals surface area contributed by atoms with E-state index in [-0.39, 0.29) is 30.1 Å². The number of anilines is 1. The average Bonchev–Trinajstić information content (AvgIpc) is 2.47. The van der Waals surface area contributed by atoms with Crippen LogP contribution in [0.4, 0.5) is 11.4 Å². The maximum absolute atomic E-state index is 11.8. The first-order chi connectivity index (χ1) is 10.4. The van der Waals surface area contributed by atoms with E-state index in [4.69, 9.17) is 0 Å². The molecule has 0 saturated heterocycles. The van der Waals surface area contributed by atoms with Gasteiger partial charge in [-0.05, 0) is 25.5 Å². The average molecular weight is 308 g/mol. The number of nitrogens with one attached hydrogen (secondary N) is 1. The molecule has 0 saturated carbocycles. The Kier molecular flexibility index (Phi) is 6.18. The number of hydrogen-bond donors (Lipinski definition) is 1. The summed E-state index contributed by atoms with van der Waals surface area (Å²) in [5.41, 5.74) is -0.446. The van der Waals surface area contributed by atoms with Crippen molar-refractivity contribution in [2.75, 3.05) is 11.9 Å².